The highest BCUT2D eigenvalue weighted by molar-refractivity contribution is 6.31. The Balaban J connectivity index is 2.26. The number of ether oxygens (including phenoxy) is 1. The van der Waals surface area contributed by atoms with Crippen molar-refractivity contribution in [2.75, 3.05) is 7.11 Å². The summed E-state index contributed by atoms with van der Waals surface area (Å²) in [6, 6.07) is 8.37. The van der Waals surface area contributed by atoms with Crippen LogP contribution in [0.1, 0.15) is 0 Å². The number of nitrogens with one attached hydrogen (secondary N) is 1. The summed E-state index contributed by atoms with van der Waals surface area (Å²) in [6.07, 6.45) is 1.42. The summed E-state index contributed by atoms with van der Waals surface area (Å²) in [7, 11) is 1.56. The Labute approximate surface area is 124 Å². The van der Waals surface area contributed by atoms with E-state index in [-0.39, 0.29) is 11.3 Å². The van der Waals surface area contributed by atoms with E-state index in [9.17, 15) is 9.90 Å². The average Bonchev–Trinajstić information content (AvgIpc) is 2.47. The zero-order chi connectivity index (χ0) is 15.0. The monoisotopic (exact) mass is 302 g/mol. The van der Waals surface area contributed by atoms with Gasteiger partial charge in [-0.25, -0.2) is 4.98 Å². The number of hydrogen-bond acceptors (Lipinski definition) is 4. The number of benzene rings is 1. The molecule has 0 unspecified atom stereocenters. The van der Waals surface area contributed by atoms with Crippen molar-refractivity contribution < 1.29 is 9.84 Å². The smallest absolute Gasteiger partial charge is 0.260 e. The molecule has 6 heteroatoms. The van der Waals surface area contributed by atoms with Gasteiger partial charge in [-0.05, 0) is 23.8 Å². The third kappa shape index (κ3) is 2.32. The fourth-order valence-electron chi connectivity index (χ4n) is 2.16. The second-order valence-corrected chi connectivity index (χ2v) is 4.89. The highest BCUT2D eigenvalue weighted by atomic mass is 35.5. The van der Waals surface area contributed by atoms with Crippen LogP contribution in [0.2, 0.25) is 5.02 Å². The lowest BCUT2D eigenvalue weighted by atomic mass is 10.1. The number of H-pyrrole nitrogens is 1. The van der Waals surface area contributed by atoms with Crippen LogP contribution in [0.25, 0.3) is 22.2 Å². The van der Waals surface area contributed by atoms with Gasteiger partial charge in [0.05, 0.1) is 23.2 Å². The lowest BCUT2D eigenvalue weighted by Crippen LogP contribution is -2.09. The number of pyridine rings is 2. The van der Waals surface area contributed by atoms with E-state index in [0.29, 0.717) is 27.4 Å². The lowest BCUT2D eigenvalue weighted by molar-refractivity contribution is 0.415. The van der Waals surface area contributed by atoms with E-state index in [1.807, 2.05) is 0 Å². The van der Waals surface area contributed by atoms with Gasteiger partial charge in [0.2, 0.25) is 0 Å². The normalized spacial score (nSPS) is 10.8. The molecule has 0 aliphatic heterocycles. The maximum absolute atomic E-state index is 12.2. The van der Waals surface area contributed by atoms with Gasteiger partial charge in [0.15, 0.2) is 5.75 Å². The summed E-state index contributed by atoms with van der Waals surface area (Å²) in [5.74, 6) is 0.496. The van der Waals surface area contributed by atoms with Crippen molar-refractivity contribution in [2.24, 2.45) is 0 Å². The van der Waals surface area contributed by atoms with Gasteiger partial charge in [-0.15, -0.1) is 0 Å². The molecule has 0 aliphatic rings. The second kappa shape index (κ2) is 5.10. The molecule has 2 N–H and O–H groups in total. The van der Waals surface area contributed by atoms with Crippen molar-refractivity contribution >= 4 is 22.6 Å². The molecular weight excluding hydrogens is 292 g/mol. The van der Waals surface area contributed by atoms with Crippen LogP contribution < -0.4 is 10.3 Å². The number of aromatic hydroxyl groups is 1. The molecule has 2 aromatic heterocycles. The van der Waals surface area contributed by atoms with Crippen LogP contribution in [-0.4, -0.2) is 22.2 Å². The molecule has 0 saturated carbocycles. The molecular formula is C15H11ClN2O3. The summed E-state index contributed by atoms with van der Waals surface area (Å²) in [6.45, 7) is 0. The van der Waals surface area contributed by atoms with Gasteiger partial charge in [0.1, 0.15) is 11.3 Å². The van der Waals surface area contributed by atoms with Crippen LogP contribution in [0.4, 0.5) is 0 Å². The zero-order valence-corrected chi connectivity index (χ0v) is 11.8. The number of aromatic nitrogens is 2. The number of hydrogen-bond donors (Lipinski definition) is 2. The fraction of sp³-hybridized carbons (Fsp3) is 0.0667. The van der Waals surface area contributed by atoms with Crippen molar-refractivity contribution in [3.8, 4) is 22.6 Å². The van der Waals surface area contributed by atoms with Crippen LogP contribution in [0.5, 0.6) is 11.5 Å². The second-order valence-electron chi connectivity index (χ2n) is 4.46. The number of fused-ring (bicyclic) bond motifs is 1. The zero-order valence-electron chi connectivity index (χ0n) is 11.1. The summed E-state index contributed by atoms with van der Waals surface area (Å²) in [5.41, 5.74) is 1.02. The SMILES string of the molecule is COc1ccc(-c2c(O)c3ncc(Cl)cc3[nH]c2=O)cc1. The van der Waals surface area contributed by atoms with E-state index >= 15 is 0 Å². The average molecular weight is 303 g/mol. The molecule has 2 heterocycles. The Morgan fingerprint density at radius 2 is 2.00 bits per heavy atom. The first-order valence-corrected chi connectivity index (χ1v) is 6.53. The fourth-order valence-corrected chi connectivity index (χ4v) is 2.32. The Morgan fingerprint density at radius 1 is 1.29 bits per heavy atom. The molecule has 0 bridgehead atoms. The van der Waals surface area contributed by atoms with Gasteiger partial charge in [0.25, 0.3) is 5.56 Å². The van der Waals surface area contributed by atoms with Crippen molar-refractivity contribution in [3.05, 3.63) is 51.9 Å². The molecule has 0 fully saturated rings. The van der Waals surface area contributed by atoms with Gasteiger partial charge in [-0.1, -0.05) is 23.7 Å². The minimum Gasteiger partial charge on any atom is -0.505 e. The molecule has 0 aliphatic carbocycles. The molecule has 0 saturated heterocycles. The Morgan fingerprint density at radius 3 is 2.67 bits per heavy atom. The lowest BCUT2D eigenvalue weighted by Gasteiger charge is -2.08. The highest BCUT2D eigenvalue weighted by Gasteiger charge is 2.15. The molecule has 0 atom stereocenters. The van der Waals surface area contributed by atoms with Crippen LogP contribution in [0.3, 0.4) is 0 Å². The maximum Gasteiger partial charge on any atom is 0.260 e. The predicted molar refractivity (Wildman–Crippen MR) is 81.0 cm³/mol. The number of rotatable bonds is 2. The Hall–Kier alpha value is -2.53. The summed E-state index contributed by atoms with van der Waals surface area (Å²) < 4.78 is 5.07. The van der Waals surface area contributed by atoms with Crippen molar-refractivity contribution in [3.63, 3.8) is 0 Å². The van der Waals surface area contributed by atoms with Crippen molar-refractivity contribution in [1.82, 2.24) is 9.97 Å². The third-order valence-corrected chi connectivity index (χ3v) is 3.38. The number of aromatic amines is 1. The van der Waals surface area contributed by atoms with Crippen LogP contribution in [0.15, 0.2) is 41.3 Å². The summed E-state index contributed by atoms with van der Waals surface area (Å²) in [4.78, 5) is 18.9. The first kappa shape index (κ1) is 13.5. The Bertz CT molecular complexity index is 872. The molecule has 106 valence electrons. The van der Waals surface area contributed by atoms with Gasteiger partial charge in [-0.2, -0.15) is 0 Å². The van der Waals surface area contributed by atoms with E-state index in [1.54, 1.807) is 37.4 Å². The minimum absolute atomic E-state index is 0.167. The van der Waals surface area contributed by atoms with E-state index < -0.39 is 5.56 Å². The van der Waals surface area contributed by atoms with Crippen molar-refractivity contribution in [2.45, 2.75) is 0 Å². The van der Waals surface area contributed by atoms with Gasteiger partial charge >= 0.3 is 0 Å². The molecule has 5 nitrogen and oxygen atoms in total. The van der Waals surface area contributed by atoms with Crippen LogP contribution in [-0.2, 0) is 0 Å². The van der Waals surface area contributed by atoms with Gasteiger partial charge < -0.3 is 14.8 Å². The Kier molecular flexibility index (Phi) is 3.27. The first-order chi connectivity index (χ1) is 10.1. The number of methoxy groups -OCH3 is 1. The number of halogens is 1. The summed E-state index contributed by atoms with van der Waals surface area (Å²) in [5, 5.41) is 10.7. The molecule has 3 aromatic rings. The largest absolute Gasteiger partial charge is 0.505 e. The molecule has 3 rings (SSSR count). The summed E-state index contributed by atoms with van der Waals surface area (Å²) >= 11 is 5.83. The van der Waals surface area contributed by atoms with E-state index in [1.165, 1.54) is 6.20 Å². The van der Waals surface area contributed by atoms with E-state index in [2.05, 4.69) is 9.97 Å². The first-order valence-electron chi connectivity index (χ1n) is 6.15. The predicted octanol–water partition coefficient (Wildman–Crippen LogP) is 2.96. The standard InChI is InChI=1S/C15H11ClN2O3/c1-21-10-4-2-8(3-5-10)12-14(19)13-11(18-15(12)20)6-9(16)7-17-13/h2-7H,1H3,(H2,18,19,20). The maximum atomic E-state index is 12.2. The molecule has 21 heavy (non-hydrogen) atoms. The van der Waals surface area contributed by atoms with Gasteiger partial charge in [0, 0.05) is 6.20 Å². The van der Waals surface area contributed by atoms with E-state index in [0.717, 1.165) is 0 Å². The van der Waals surface area contributed by atoms with Crippen molar-refractivity contribution in [1.29, 1.82) is 0 Å². The van der Waals surface area contributed by atoms with Crippen LogP contribution >= 0.6 is 11.6 Å². The molecule has 0 radical (unpaired) electrons. The highest BCUT2D eigenvalue weighted by Crippen LogP contribution is 2.32. The van der Waals surface area contributed by atoms with Crippen LogP contribution in [0, 0.1) is 0 Å². The minimum atomic E-state index is -0.408. The molecule has 0 spiro atoms. The molecule has 1 aromatic carbocycles. The quantitative estimate of drug-likeness (QED) is 0.763. The van der Waals surface area contributed by atoms with E-state index in [4.69, 9.17) is 16.3 Å². The molecule has 0 amide bonds. The third-order valence-electron chi connectivity index (χ3n) is 3.17. The topological polar surface area (TPSA) is 75.2 Å². The number of nitrogens with zero attached hydrogens (tertiary/aromatic N) is 1. The van der Waals surface area contributed by atoms with Gasteiger partial charge in [-0.3, -0.25) is 4.79 Å².